The number of anilines is 3. The maximum atomic E-state index is 2.56. The van der Waals surface area contributed by atoms with Crippen LogP contribution in [0, 0.1) is 0 Å². The molecule has 0 bridgehead atoms. The number of benzene rings is 5. The molecule has 5 aromatic rings. The lowest BCUT2D eigenvalue weighted by molar-refractivity contribution is 0.996. The van der Waals surface area contributed by atoms with Crippen molar-refractivity contribution in [2.24, 2.45) is 0 Å². The summed E-state index contributed by atoms with van der Waals surface area (Å²) < 4.78 is 0. The van der Waals surface area contributed by atoms with Crippen molar-refractivity contribution in [3.63, 3.8) is 0 Å². The fourth-order valence-corrected chi connectivity index (χ4v) is 7.31. The summed E-state index contributed by atoms with van der Waals surface area (Å²) >= 11 is 0. The summed E-state index contributed by atoms with van der Waals surface area (Å²) in [5, 5.41) is 0. The summed E-state index contributed by atoms with van der Waals surface area (Å²) in [5.41, 5.74) is 21.9. The second kappa shape index (κ2) is 6.31. The highest BCUT2D eigenvalue weighted by Gasteiger charge is 2.35. The standard InChI is InChI=1S/C34H23N/c1-3-10-24-20(6-1)17-28-25(24)12-13-26-27-14-15-33-31(30(27)19-29(26)28)18-23-9-5-8-22-16-21-7-2-4-11-32(21)35(33)34(22)23/h1-15H,16-19H2. The molecular weight excluding hydrogens is 422 g/mol. The highest BCUT2D eigenvalue weighted by atomic mass is 15.2. The molecule has 0 N–H and O–H groups in total. The molecule has 0 radical (unpaired) electrons. The van der Waals surface area contributed by atoms with Gasteiger partial charge >= 0.3 is 0 Å². The Balaban J connectivity index is 1.25. The average molecular weight is 446 g/mol. The third kappa shape index (κ3) is 2.24. The first-order valence-corrected chi connectivity index (χ1v) is 12.7. The van der Waals surface area contributed by atoms with Gasteiger partial charge in [0.2, 0.25) is 0 Å². The van der Waals surface area contributed by atoms with Crippen molar-refractivity contribution in [2.75, 3.05) is 4.90 Å². The van der Waals surface area contributed by atoms with Gasteiger partial charge in [0.05, 0.1) is 11.4 Å². The first kappa shape index (κ1) is 18.3. The third-order valence-corrected chi connectivity index (χ3v) is 8.80. The van der Waals surface area contributed by atoms with Crippen LogP contribution < -0.4 is 4.90 Å². The van der Waals surface area contributed by atoms with Crippen LogP contribution in [0.15, 0.2) is 91.0 Å². The summed E-state index contributed by atoms with van der Waals surface area (Å²) in [6, 6.07) is 34.4. The zero-order valence-electron chi connectivity index (χ0n) is 19.4. The van der Waals surface area contributed by atoms with Crippen LogP contribution >= 0.6 is 0 Å². The van der Waals surface area contributed by atoms with Crippen molar-refractivity contribution in [1.29, 1.82) is 0 Å². The van der Waals surface area contributed by atoms with Gasteiger partial charge in [0.1, 0.15) is 0 Å². The highest BCUT2D eigenvalue weighted by molar-refractivity contribution is 5.94. The molecule has 2 aliphatic carbocycles. The molecule has 5 aromatic carbocycles. The van der Waals surface area contributed by atoms with Gasteiger partial charge in [-0.1, -0.05) is 78.9 Å². The monoisotopic (exact) mass is 445 g/mol. The second-order valence-electron chi connectivity index (χ2n) is 10.5. The van der Waals surface area contributed by atoms with Crippen molar-refractivity contribution < 1.29 is 0 Å². The van der Waals surface area contributed by atoms with Crippen LogP contribution in [-0.2, 0) is 25.7 Å². The smallest absolute Gasteiger partial charge is 0.0532 e. The topological polar surface area (TPSA) is 3.24 Å². The van der Waals surface area contributed by atoms with E-state index in [2.05, 4.69) is 95.9 Å². The Labute approximate surface area is 205 Å². The van der Waals surface area contributed by atoms with Gasteiger partial charge in [-0.2, -0.15) is 0 Å². The number of hydrogen-bond acceptors (Lipinski definition) is 1. The molecule has 0 saturated heterocycles. The summed E-state index contributed by atoms with van der Waals surface area (Å²) in [6.07, 6.45) is 4.16. The Morgan fingerprint density at radius 3 is 1.86 bits per heavy atom. The molecular formula is C34H23N. The van der Waals surface area contributed by atoms with Gasteiger partial charge in [0.15, 0.2) is 0 Å². The van der Waals surface area contributed by atoms with E-state index in [1.54, 1.807) is 16.7 Å². The Morgan fingerprint density at radius 1 is 0.371 bits per heavy atom. The summed E-state index contributed by atoms with van der Waals surface area (Å²) in [4.78, 5) is 2.56. The van der Waals surface area contributed by atoms with Crippen LogP contribution in [0.25, 0.3) is 22.3 Å². The van der Waals surface area contributed by atoms with Crippen molar-refractivity contribution in [2.45, 2.75) is 25.7 Å². The van der Waals surface area contributed by atoms with E-state index in [-0.39, 0.29) is 0 Å². The molecule has 0 fully saturated rings. The van der Waals surface area contributed by atoms with Crippen molar-refractivity contribution >= 4 is 17.1 Å². The summed E-state index contributed by atoms with van der Waals surface area (Å²) in [5.74, 6) is 0. The first-order chi connectivity index (χ1) is 17.3. The molecule has 0 spiro atoms. The van der Waals surface area contributed by atoms with E-state index in [0.29, 0.717) is 0 Å². The molecule has 4 aliphatic rings. The molecule has 0 unspecified atom stereocenters. The molecule has 0 atom stereocenters. The van der Waals surface area contributed by atoms with Crippen LogP contribution in [0.1, 0.15) is 44.5 Å². The lowest BCUT2D eigenvalue weighted by atomic mass is 9.84. The largest absolute Gasteiger partial charge is 0.309 e. The maximum absolute atomic E-state index is 2.56. The van der Waals surface area contributed by atoms with E-state index in [0.717, 1.165) is 25.7 Å². The van der Waals surface area contributed by atoms with Crippen LogP contribution in [-0.4, -0.2) is 0 Å². The number of hydrogen-bond donors (Lipinski definition) is 0. The van der Waals surface area contributed by atoms with Gasteiger partial charge in [0, 0.05) is 18.5 Å². The van der Waals surface area contributed by atoms with E-state index >= 15 is 0 Å². The van der Waals surface area contributed by atoms with E-state index in [1.165, 1.54) is 67.1 Å². The predicted octanol–water partition coefficient (Wildman–Crippen LogP) is 8.11. The lowest BCUT2D eigenvalue weighted by Crippen LogP contribution is -2.25. The molecule has 0 saturated carbocycles. The van der Waals surface area contributed by atoms with E-state index in [9.17, 15) is 0 Å². The molecule has 0 aromatic heterocycles. The fourth-order valence-electron chi connectivity index (χ4n) is 7.31. The van der Waals surface area contributed by atoms with Crippen LogP contribution in [0.3, 0.4) is 0 Å². The Morgan fingerprint density at radius 2 is 0.971 bits per heavy atom. The minimum absolute atomic E-state index is 1.02. The molecule has 1 nitrogen and oxygen atoms in total. The Kier molecular flexibility index (Phi) is 3.29. The molecule has 2 heterocycles. The quantitative estimate of drug-likeness (QED) is 0.228. The van der Waals surface area contributed by atoms with Crippen LogP contribution in [0.2, 0.25) is 0 Å². The fraction of sp³-hybridized carbons (Fsp3) is 0.118. The SMILES string of the molecule is c1ccc2c(c1)Cc1c-2ccc2c1Cc1c-2ccc2c1Cc1cccc3c1N2c1ccccc1C3. The zero-order chi connectivity index (χ0) is 22.7. The first-order valence-electron chi connectivity index (χ1n) is 12.7. The van der Waals surface area contributed by atoms with Gasteiger partial charge in [-0.25, -0.2) is 0 Å². The Hall–Kier alpha value is -4.10. The summed E-state index contributed by atoms with van der Waals surface area (Å²) in [7, 11) is 0. The van der Waals surface area contributed by atoms with Gasteiger partial charge in [-0.15, -0.1) is 0 Å². The molecule has 164 valence electrons. The third-order valence-electron chi connectivity index (χ3n) is 8.80. The zero-order valence-corrected chi connectivity index (χ0v) is 19.4. The maximum Gasteiger partial charge on any atom is 0.0532 e. The molecule has 1 heteroatoms. The van der Waals surface area contributed by atoms with Crippen molar-refractivity contribution in [1.82, 2.24) is 0 Å². The van der Waals surface area contributed by atoms with E-state index < -0.39 is 0 Å². The minimum Gasteiger partial charge on any atom is -0.309 e. The van der Waals surface area contributed by atoms with Crippen LogP contribution in [0.4, 0.5) is 17.1 Å². The molecule has 9 rings (SSSR count). The molecule has 2 aliphatic heterocycles. The molecule has 0 amide bonds. The number of nitrogens with zero attached hydrogens (tertiary/aromatic N) is 1. The van der Waals surface area contributed by atoms with Gasteiger partial charge < -0.3 is 4.90 Å². The lowest BCUT2D eigenvalue weighted by Gasteiger charge is -2.40. The minimum atomic E-state index is 1.02. The molecule has 35 heavy (non-hydrogen) atoms. The Bertz CT molecular complexity index is 1760. The number of rotatable bonds is 0. The van der Waals surface area contributed by atoms with Gasteiger partial charge in [0.25, 0.3) is 0 Å². The van der Waals surface area contributed by atoms with Crippen LogP contribution in [0.5, 0.6) is 0 Å². The summed E-state index contributed by atoms with van der Waals surface area (Å²) in [6.45, 7) is 0. The highest BCUT2D eigenvalue weighted by Crippen LogP contribution is 2.54. The van der Waals surface area contributed by atoms with Crippen molar-refractivity contribution in [3.05, 3.63) is 136 Å². The normalized spacial score (nSPS) is 14.9. The van der Waals surface area contributed by atoms with Crippen molar-refractivity contribution in [3.8, 4) is 22.3 Å². The van der Waals surface area contributed by atoms with E-state index in [4.69, 9.17) is 0 Å². The number of para-hydroxylation sites is 2. The van der Waals surface area contributed by atoms with Gasteiger partial charge in [-0.3, -0.25) is 0 Å². The number of fused-ring (bicyclic) bond motifs is 12. The predicted molar refractivity (Wildman–Crippen MR) is 143 cm³/mol. The van der Waals surface area contributed by atoms with Gasteiger partial charge in [-0.05, 0) is 91.7 Å². The second-order valence-corrected chi connectivity index (χ2v) is 10.5. The average Bonchev–Trinajstić information content (AvgIpc) is 3.47. The van der Waals surface area contributed by atoms with E-state index in [1.807, 2.05) is 0 Å².